The summed E-state index contributed by atoms with van der Waals surface area (Å²) in [5.41, 5.74) is -1.82. The van der Waals surface area contributed by atoms with Gasteiger partial charge >= 0.3 is 0 Å². The minimum absolute atomic E-state index is 0.0197. The summed E-state index contributed by atoms with van der Waals surface area (Å²) in [5.74, 6) is -1.38. The first kappa shape index (κ1) is 30.9. The van der Waals surface area contributed by atoms with Crippen molar-refractivity contribution in [3.05, 3.63) is 123 Å². The number of rotatable bonds is 9. The Balaban J connectivity index is 1.63. The number of carbonyl (C=O) groups is 1. The smallest absolute Gasteiger partial charge is 0.257 e. The molecular formula is C34H32ClFN4O5. The summed E-state index contributed by atoms with van der Waals surface area (Å²) in [6.07, 6.45) is 3.34. The van der Waals surface area contributed by atoms with Gasteiger partial charge in [0.25, 0.3) is 5.91 Å². The molecule has 6 rings (SSSR count). The predicted molar refractivity (Wildman–Crippen MR) is 163 cm³/mol. The summed E-state index contributed by atoms with van der Waals surface area (Å²) in [6.45, 7) is 1.87. The molecule has 4 aromatic rings. The van der Waals surface area contributed by atoms with E-state index in [1.54, 1.807) is 79.6 Å². The number of imidazole rings is 1. The highest BCUT2D eigenvalue weighted by molar-refractivity contribution is 6.30. The van der Waals surface area contributed by atoms with E-state index in [1.165, 1.54) is 17.0 Å². The molecule has 0 saturated carbocycles. The second-order valence-electron chi connectivity index (χ2n) is 11.4. The van der Waals surface area contributed by atoms with E-state index in [9.17, 15) is 20.3 Å². The predicted octanol–water partition coefficient (Wildman–Crippen LogP) is 4.93. The number of hydrogen-bond acceptors (Lipinski definition) is 7. The average Bonchev–Trinajstić information content (AvgIpc) is 3.79. The van der Waals surface area contributed by atoms with Crippen LogP contribution in [0, 0.1) is 17.1 Å². The molecule has 0 aliphatic carbocycles. The third kappa shape index (κ3) is 5.11. The molecule has 0 bridgehead atoms. The lowest BCUT2D eigenvalue weighted by Crippen LogP contribution is -2.51. The summed E-state index contributed by atoms with van der Waals surface area (Å²) in [7, 11) is 1.76. The molecule has 2 aliphatic heterocycles. The van der Waals surface area contributed by atoms with Crippen molar-refractivity contribution in [1.82, 2.24) is 14.5 Å². The van der Waals surface area contributed by atoms with Gasteiger partial charge in [0, 0.05) is 30.4 Å². The van der Waals surface area contributed by atoms with Gasteiger partial charge in [0.1, 0.15) is 11.4 Å². The molecule has 1 saturated heterocycles. The maximum atomic E-state index is 16.9. The van der Waals surface area contributed by atoms with Crippen LogP contribution >= 0.6 is 11.6 Å². The van der Waals surface area contributed by atoms with E-state index >= 15 is 4.39 Å². The Bertz CT molecular complexity index is 1770. The lowest BCUT2D eigenvalue weighted by Gasteiger charge is -2.44. The van der Waals surface area contributed by atoms with E-state index in [0.717, 1.165) is 0 Å². The number of nitrogens with zero attached hydrogens (tertiary/aromatic N) is 4. The van der Waals surface area contributed by atoms with Crippen molar-refractivity contribution in [2.75, 3.05) is 19.8 Å². The number of carbonyl (C=O) groups excluding carboxylic acids is 1. The number of aliphatic hydroxyl groups excluding tert-OH is 1. The molecule has 2 N–H and O–H groups in total. The normalized spacial score (nSPS) is 21.4. The Morgan fingerprint density at radius 2 is 1.98 bits per heavy atom. The molecule has 0 unspecified atom stereocenters. The Hall–Kier alpha value is -4.11. The van der Waals surface area contributed by atoms with Crippen molar-refractivity contribution >= 4 is 17.5 Å². The van der Waals surface area contributed by atoms with E-state index in [-0.39, 0.29) is 29.7 Å². The van der Waals surface area contributed by atoms with E-state index in [1.807, 2.05) is 0 Å². The highest BCUT2D eigenvalue weighted by Crippen LogP contribution is 2.52. The molecule has 4 atom stereocenters. The first-order valence-corrected chi connectivity index (χ1v) is 15.1. The number of hydrogen-bond donors (Lipinski definition) is 2. The third-order valence-electron chi connectivity index (χ3n) is 8.71. The Morgan fingerprint density at radius 1 is 1.24 bits per heavy atom. The zero-order chi connectivity index (χ0) is 31.9. The van der Waals surface area contributed by atoms with Gasteiger partial charge in [-0.3, -0.25) is 9.69 Å². The van der Waals surface area contributed by atoms with Crippen LogP contribution in [0.5, 0.6) is 0 Å². The molecule has 1 amide bonds. The Labute approximate surface area is 265 Å². The monoisotopic (exact) mass is 630 g/mol. The lowest BCUT2D eigenvalue weighted by atomic mass is 9.84. The molecule has 3 aromatic carbocycles. The number of aromatic nitrogens is 2. The van der Waals surface area contributed by atoms with Crippen LogP contribution in [-0.4, -0.2) is 56.5 Å². The van der Waals surface area contributed by atoms with Gasteiger partial charge in [-0.05, 0) is 60.4 Å². The standard InChI is InChI=1S/C34H32ClFN4O5/c1-3-33(43,30-17-39(2)20-38-30)24-14-27-31(28(36)15-24)34(45-26-12-13-44-19-26,23-8-10-25(35)11-9-23)40(32(27)42)29(18-41)22-6-4-21(16-37)5-7-22/h4-11,14-15,17,20,26,29,41,43H,3,12-13,18-19H2,1-2H3/t26-,29-,33-,34+/m0/s1. The van der Waals surface area contributed by atoms with Gasteiger partial charge in [-0.1, -0.05) is 42.8 Å². The zero-order valence-electron chi connectivity index (χ0n) is 24.8. The fourth-order valence-electron chi connectivity index (χ4n) is 6.38. The van der Waals surface area contributed by atoms with Gasteiger partial charge in [-0.2, -0.15) is 5.26 Å². The van der Waals surface area contributed by atoms with Crippen LogP contribution in [0.15, 0.2) is 73.2 Å². The average molecular weight is 631 g/mol. The molecule has 9 nitrogen and oxygen atoms in total. The highest BCUT2D eigenvalue weighted by atomic mass is 35.5. The number of nitriles is 1. The lowest BCUT2D eigenvalue weighted by molar-refractivity contribution is -0.161. The molecular weight excluding hydrogens is 599 g/mol. The summed E-state index contributed by atoms with van der Waals surface area (Å²) < 4.78 is 31.0. The number of aryl methyl sites for hydroxylation is 1. The number of halogens is 2. The molecule has 2 aliphatic rings. The summed E-state index contributed by atoms with van der Waals surface area (Å²) in [6, 6.07) is 16.9. The SMILES string of the molecule is CC[C@](O)(c1cc(F)c2c(c1)C(=O)N([C@@H](CO)c1ccc(C#N)cc1)[C@@]2(O[C@H]1CCOC1)c1ccc(Cl)cc1)c1cn(C)cn1. The van der Waals surface area contributed by atoms with Gasteiger partial charge in [-0.25, -0.2) is 9.37 Å². The van der Waals surface area contributed by atoms with Crippen LogP contribution in [-0.2, 0) is 27.8 Å². The topological polar surface area (TPSA) is 121 Å². The fraction of sp³-hybridized carbons (Fsp3) is 0.324. The van der Waals surface area contributed by atoms with Crippen molar-refractivity contribution in [2.45, 2.75) is 43.2 Å². The van der Waals surface area contributed by atoms with Crippen molar-refractivity contribution < 1.29 is 28.9 Å². The van der Waals surface area contributed by atoms with E-state index in [0.29, 0.717) is 40.4 Å². The first-order valence-electron chi connectivity index (χ1n) is 14.7. The first-order chi connectivity index (χ1) is 21.7. The van der Waals surface area contributed by atoms with Crippen molar-refractivity contribution in [3.8, 4) is 6.07 Å². The molecule has 1 aromatic heterocycles. The Morgan fingerprint density at radius 3 is 2.56 bits per heavy atom. The summed E-state index contributed by atoms with van der Waals surface area (Å²) in [5, 5.41) is 32.6. The molecule has 232 valence electrons. The van der Waals surface area contributed by atoms with Gasteiger partial charge in [0.2, 0.25) is 5.72 Å². The molecule has 11 heteroatoms. The third-order valence-corrected chi connectivity index (χ3v) is 8.96. The van der Waals surface area contributed by atoms with Gasteiger partial charge in [0.05, 0.1) is 60.1 Å². The van der Waals surface area contributed by atoms with E-state index in [2.05, 4.69) is 11.1 Å². The minimum atomic E-state index is -1.85. The van der Waals surface area contributed by atoms with Crippen LogP contribution in [0.2, 0.25) is 5.02 Å². The number of ether oxygens (including phenoxy) is 2. The van der Waals surface area contributed by atoms with Crippen LogP contribution in [0.3, 0.4) is 0 Å². The number of aliphatic hydroxyl groups is 2. The number of benzene rings is 3. The largest absolute Gasteiger partial charge is 0.394 e. The van der Waals surface area contributed by atoms with Crippen LogP contribution in [0.1, 0.15) is 69.7 Å². The number of amides is 1. The fourth-order valence-corrected chi connectivity index (χ4v) is 6.50. The van der Waals surface area contributed by atoms with Gasteiger partial charge in [0.15, 0.2) is 0 Å². The van der Waals surface area contributed by atoms with Crippen LogP contribution in [0.25, 0.3) is 0 Å². The van der Waals surface area contributed by atoms with Crippen molar-refractivity contribution in [3.63, 3.8) is 0 Å². The Kier molecular flexibility index (Phi) is 8.24. The zero-order valence-corrected chi connectivity index (χ0v) is 25.5. The molecule has 3 heterocycles. The van der Waals surface area contributed by atoms with Crippen LogP contribution < -0.4 is 0 Å². The molecule has 1 fully saturated rings. The molecule has 45 heavy (non-hydrogen) atoms. The van der Waals surface area contributed by atoms with Gasteiger partial charge < -0.3 is 24.3 Å². The van der Waals surface area contributed by atoms with E-state index < -0.39 is 41.8 Å². The van der Waals surface area contributed by atoms with Crippen molar-refractivity contribution in [2.24, 2.45) is 7.05 Å². The summed E-state index contributed by atoms with van der Waals surface area (Å²) in [4.78, 5) is 20.4. The maximum absolute atomic E-state index is 16.9. The van der Waals surface area contributed by atoms with Crippen LogP contribution in [0.4, 0.5) is 4.39 Å². The highest BCUT2D eigenvalue weighted by Gasteiger charge is 2.58. The number of fused-ring (bicyclic) bond motifs is 1. The van der Waals surface area contributed by atoms with E-state index in [4.69, 9.17) is 21.1 Å². The summed E-state index contributed by atoms with van der Waals surface area (Å²) >= 11 is 6.27. The maximum Gasteiger partial charge on any atom is 0.257 e. The quantitative estimate of drug-likeness (QED) is 0.269. The minimum Gasteiger partial charge on any atom is -0.394 e. The molecule has 0 spiro atoms. The second kappa shape index (κ2) is 12.0. The molecule has 0 radical (unpaired) electrons. The second-order valence-corrected chi connectivity index (χ2v) is 11.8. The van der Waals surface area contributed by atoms with Gasteiger partial charge in [-0.15, -0.1) is 0 Å². The van der Waals surface area contributed by atoms with Crippen molar-refractivity contribution in [1.29, 1.82) is 5.26 Å².